The first kappa shape index (κ1) is 23.2. The van der Waals surface area contributed by atoms with Gasteiger partial charge in [0, 0.05) is 57.3 Å². The lowest BCUT2D eigenvalue weighted by molar-refractivity contribution is -0.130. The minimum atomic E-state index is -0.297. The maximum Gasteiger partial charge on any atom is 0.224 e. The predicted molar refractivity (Wildman–Crippen MR) is 123 cm³/mol. The number of carbonyl (C=O) groups is 2. The molecule has 1 aromatic carbocycles. The van der Waals surface area contributed by atoms with E-state index < -0.39 is 0 Å². The highest BCUT2D eigenvalue weighted by atomic mass is 16.7. The van der Waals surface area contributed by atoms with Gasteiger partial charge < -0.3 is 24.6 Å². The standard InChI is InChI=1S/C25H37N3O4/c1-27(24(30)12-14-28-17-20-5-4-6-21(20)18-28)13-3-2-7-23(29)26-22-10-8-19(9-11-22)25-31-15-16-32-25/h8-11,20-21,25H,2-7,12-18H2,1H3,(H,26,29). The SMILES string of the molecule is CN(CCCCC(=O)Nc1ccc(C2OCCO2)cc1)C(=O)CCN1CC2CCCC2C1. The molecule has 176 valence electrons. The van der Waals surface area contributed by atoms with Crippen LogP contribution in [0.3, 0.4) is 0 Å². The average molecular weight is 444 g/mol. The molecule has 0 bridgehead atoms. The highest BCUT2D eigenvalue weighted by Gasteiger charge is 2.35. The van der Waals surface area contributed by atoms with Crippen molar-refractivity contribution in [3.05, 3.63) is 29.8 Å². The van der Waals surface area contributed by atoms with Gasteiger partial charge in [0.15, 0.2) is 6.29 Å². The van der Waals surface area contributed by atoms with Crippen LogP contribution in [-0.4, -0.2) is 68.1 Å². The smallest absolute Gasteiger partial charge is 0.224 e. The molecule has 2 saturated heterocycles. The number of likely N-dealkylation sites (tertiary alicyclic amines) is 1. The predicted octanol–water partition coefficient (Wildman–Crippen LogP) is 3.42. The zero-order valence-electron chi connectivity index (χ0n) is 19.3. The van der Waals surface area contributed by atoms with Crippen molar-refractivity contribution in [1.29, 1.82) is 0 Å². The van der Waals surface area contributed by atoms with Gasteiger partial charge in [0.1, 0.15) is 0 Å². The number of fused-ring (bicyclic) bond motifs is 1. The van der Waals surface area contributed by atoms with Crippen LogP contribution in [0.25, 0.3) is 0 Å². The summed E-state index contributed by atoms with van der Waals surface area (Å²) < 4.78 is 11.0. The second-order valence-electron chi connectivity index (χ2n) is 9.48. The molecule has 0 spiro atoms. The van der Waals surface area contributed by atoms with E-state index in [4.69, 9.17) is 9.47 Å². The summed E-state index contributed by atoms with van der Waals surface area (Å²) >= 11 is 0. The monoisotopic (exact) mass is 443 g/mol. The Balaban J connectivity index is 1.07. The number of anilines is 1. The summed E-state index contributed by atoms with van der Waals surface area (Å²) in [5.41, 5.74) is 1.73. The highest BCUT2D eigenvalue weighted by Crippen LogP contribution is 2.37. The highest BCUT2D eigenvalue weighted by molar-refractivity contribution is 5.90. The third kappa shape index (κ3) is 6.30. The summed E-state index contributed by atoms with van der Waals surface area (Å²) in [5.74, 6) is 1.96. The fourth-order valence-electron chi connectivity index (χ4n) is 5.22. The van der Waals surface area contributed by atoms with Crippen molar-refractivity contribution in [3.8, 4) is 0 Å². The quantitative estimate of drug-likeness (QED) is 0.561. The number of rotatable bonds is 10. The van der Waals surface area contributed by atoms with Crippen molar-refractivity contribution in [2.75, 3.05) is 51.8 Å². The second-order valence-corrected chi connectivity index (χ2v) is 9.48. The Morgan fingerprint density at radius 3 is 2.41 bits per heavy atom. The topological polar surface area (TPSA) is 71.1 Å². The molecule has 7 heteroatoms. The average Bonchev–Trinajstić information content (AvgIpc) is 3.53. The first-order valence-electron chi connectivity index (χ1n) is 12.2. The molecule has 2 aliphatic heterocycles. The summed E-state index contributed by atoms with van der Waals surface area (Å²) in [6, 6.07) is 7.58. The molecular weight excluding hydrogens is 406 g/mol. The number of hydrogen-bond acceptors (Lipinski definition) is 5. The lowest BCUT2D eigenvalue weighted by Gasteiger charge is -2.20. The van der Waals surface area contributed by atoms with Gasteiger partial charge in [0.05, 0.1) is 13.2 Å². The molecular formula is C25H37N3O4. The maximum absolute atomic E-state index is 12.4. The van der Waals surface area contributed by atoms with Crippen LogP contribution in [-0.2, 0) is 19.1 Å². The van der Waals surface area contributed by atoms with Gasteiger partial charge in [0.2, 0.25) is 11.8 Å². The van der Waals surface area contributed by atoms with Gasteiger partial charge in [-0.05, 0) is 49.7 Å². The number of hydrogen-bond donors (Lipinski definition) is 1. The van der Waals surface area contributed by atoms with Crippen LogP contribution in [0.1, 0.15) is 56.8 Å². The van der Waals surface area contributed by atoms with E-state index in [-0.39, 0.29) is 18.1 Å². The van der Waals surface area contributed by atoms with E-state index in [1.54, 1.807) is 0 Å². The van der Waals surface area contributed by atoms with Crippen LogP contribution in [0.2, 0.25) is 0 Å². The van der Waals surface area contributed by atoms with Crippen LogP contribution in [0, 0.1) is 11.8 Å². The maximum atomic E-state index is 12.4. The fraction of sp³-hybridized carbons (Fsp3) is 0.680. The molecule has 3 fully saturated rings. The van der Waals surface area contributed by atoms with Crippen molar-refractivity contribution in [1.82, 2.24) is 9.80 Å². The number of unbranched alkanes of at least 4 members (excludes halogenated alkanes) is 1. The van der Waals surface area contributed by atoms with Crippen LogP contribution in [0.4, 0.5) is 5.69 Å². The lowest BCUT2D eigenvalue weighted by Crippen LogP contribution is -2.32. The molecule has 1 saturated carbocycles. The summed E-state index contributed by atoms with van der Waals surface area (Å²) in [5, 5.41) is 2.93. The molecule has 0 aromatic heterocycles. The lowest BCUT2D eigenvalue weighted by atomic mass is 10.0. The van der Waals surface area contributed by atoms with Crippen LogP contribution < -0.4 is 5.32 Å². The molecule has 2 unspecified atom stereocenters. The van der Waals surface area contributed by atoms with E-state index in [0.717, 1.165) is 42.5 Å². The zero-order chi connectivity index (χ0) is 22.3. The Morgan fingerprint density at radius 2 is 1.72 bits per heavy atom. The fourth-order valence-corrected chi connectivity index (χ4v) is 5.22. The number of amides is 2. The van der Waals surface area contributed by atoms with Crippen molar-refractivity contribution in [2.24, 2.45) is 11.8 Å². The van der Waals surface area contributed by atoms with Crippen molar-refractivity contribution in [2.45, 2.75) is 51.2 Å². The zero-order valence-corrected chi connectivity index (χ0v) is 19.3. The van der Waals surface area contributed by atoms with E-state index in [9.17, 15) is 9.59 Å². The van der Waals surface area contributed by atoms with Crippen LogP contribution in [0.15, 0.2) is 24.3 Å². The van der Waals surface area contributed by atoms with Crippen molar-refractivity contribution >= 4 is 17.5 Å². The van der Waals surface area contributed by atoms with Gasteiger partial charge in [-0.3, -0.25) is 9.59 Å². The first-order chi connectivity index (χ1) is 15.6. The minimum Gasteiger partial charge on any atom is -0.346 e. The van der Waals surface area contributed by atoms with Gasteiger partial charge in [-0.1, -0.05) is 18.6 Å². The molecule has 3 aliphatic rings. The van der Waals surface area contributed by atoms with E-state index in [2.05, 4.69) is 10.2 Å². The van der Waals surface area contributed by atoms with Gasteiger partial charge in [0.25, 0.3) is 0 Å². The summed E-state index contributed by atoms with van der Waals surface area (Å²) in [6.07, 6.45) is 6.49. The van der Waals surface area contributed by atoms with Gasteiger partial charge in [-0.25, -0.2) is 0 Å². The molecule has 2 amide bonds. The van der Waals surface area contributed by atoms with E-state index in [1.807, 2.05) is 36.2 Å². The van der Waals surface area contributed by atoms with E-state index >= 15 is 0 Å². The number of nitrogens with zero attached hydrogens (tertiary/aromatic N) is 2. The van der Waals surface area contributed by atoms with Crippen molar-refractivity contribution < 1.29 is 19.1 Å². The second kappa shape index (κ2) is 11.3. The Kier molecular flexibility index (Phi) is 8.16. The van der Waals surface area contributed by atoms with E-state index in [0.29, 0.717) is 32.6 Å². The van der Waals surface area contributed by atoms with Crippen molar-refractivity contribution in [3.63, 3.8) is 0 Å². The van der Waals surface area contributed by atoms with Gasteiger partial charge in [-0.2, -0.15) is 0 Å². The first-order valence-corrected chi connectivity index (χ1v) is 12.2. The Hall–Kier alpha value is -1.96. The van der Waals surface area contributed by atoms with Crippen LogP contribution in [0.5, 0.6) is 0 Å². The summed E-state index contributed by atoms with van der Waals surface area (Å²) in [4.78, 5) is 29.0. The Labute approximate surface area is 191 Å². The molecule has 1 aromatic rings. The molecule has 1 N–H and O–H groups in total. The van der Waals surface area contributed by atoms with Gasteiger partial charge in [-0.15, -0.1) is 0 Å². The number of benzene rings is 1. The Morgan fingerprint density at radius 1 is 1.03 bits per heavy atom. The Bertz CT molecular complexity index is 751. The summed E-state index contributed by atoms with van der Waals surface area (Å²) in [6.45, 7) is 5.18. The summed E-state index contributed by atoms with van der Waals surface area (Å²) in [7, 11) is 1.88. The molecule has 1 aliphatic carbocycles. The number of carbonyl (C=O) groups excluding carboxylic acids is 2. The minimum absolute atomic E-state index is 0.000298. The molecule has 2 heterocycles. The molecule has 4 rings (SSSR count). The van der Waals surface area contributed by atoms with Gasteiger partial charge >= 0.3 is 0 Å². The molecule has 7 nitrogen and oxygen atoms in total. The van der Waals surface area contributed by atoms with Crippen LogP contribution >= 0.6 is 0 Å². The molecule has 2 atom stereocenters. The third-order valence-corrected chi connectivity index (χ3v) is 7.11. The third-order valence-electron chi connectivity index (χ3n) is 7.11. The molecule has 32 heavy (non-hydrogen) atoms. The number of ether oxygens (including phenoxy) is 2. The molecule has 0 radical (unpaired) electrons. The normalized spacial score (nSPS) is 23.4. The van der Waals surface area contributed by atoms with E-state index in [1.165, 1.54) is 32.4 Å². The largest absolute Gasteiger partial charge is 0.346 e. The number of nitrogens with one attached hydrogen (secondary N) is 1.